The molecule has 0 saturated heterocycles. The maximum Gasteiger partial charge on any atom is 0.147 e. The Balaban J connectivity index is 2.58. The first-order chi connectivity index (χ1) is 7.22. The number of aromatic nitrogens is 1. The lowest BCUT2D eigenvalue weighted by Gasteiger charge is -2.07. The van der Waals surface area contributed by atoms with Gasteiger partial charge in [0.25, 0.3) is 0 Å². The average molecular weight is 204 g/mol. The second-order valence-electron chi connectivity index (χ2n) is 3.32. The van der Waals surface area contributed by atoms with E-state index in [1.165, 1.54) is 6.26 Å². The molecule has 0 radical (unpaired) electrons. The summed E-state index contributed by atoms with van der Waals surface area (Å²) in [5, 5.41) is 3.84. The Morgan fingerprint density at radius 1 is 1.40 bits per heavy atom. The SMILES string of the molecule is COc1cc(C)ccc1-c1nocc1N. The highest BCUT2D eigenvalue weighted by molar-refractivity contribution is 5.76. The monoisotopic (exact) mass is 204 g/mol. The molecule has 0 bridgehead atoms. The Kier molecular flexibility index (Phi) is 2.33. The second kappa shape index (κ2) is 3.65. The molecule has 0 aliphatic rings. The van der Waals surface area contributed by atoms with Gasteiger partial charge in [-0.25, -0.2) is 0 Å². The fraction of sp³-hybridized carbons (Fsp3) is 0.182. The van der Waals surface area contributed by atoms with Gasteiger partial charge in [-0.15, -0.1) is 0 Å². The lowest BCUT2D eigenvalue weighted by atomic mass is 10.1. The quantitative estimate of drug-likeness (QED) is 0.814. The minimum atomic E-state index is 0.511. The van der Waals surface area contributed by atoms with Gasteiger partial charge < -0.3 is 15.0 Å². The van der Waals surface area contributed by atoms with E-state index in [0.717, 1.165) is 16.9 Å². The zero-order chi connectivity index (χ0) is 10.8. The predicted molar refractivity (Wildman–Crippen MR) is 57.6 cm³/mol. The third-order valence-corrected chi connectivity index (χ3v) is 2.21. The normalized spacial score (nSPS) is 10.3. The van der Waals surface area contributed by atoms with Gasteiger partial charge in [0.15, 0.2) is 0 Å². The van der Waals surface area contributed by atoms with Crippen molar-refractivity contribution in [3.05, 3.63) is 30.0 Å². The largest absolute Gasteiger partial charge is 0.496 e. The Hall–Kier alpha value is -1.97. The van der Waals surface area contributed by atoms with Crippen LogP contribution >= 0.6 is 0 Å². The molecule has 2 aromatic rings. The van der Waals surface area contributed by atoms with Crippen LogP contribution in [0.25, 0.3) is 11.3 Å². The van der Waals surface area contributed by atoms with Gasteiger partial charge >= 0.3 is 0 Å². The van der Waals surface area contributed by atoms with Gasteiger partial charge in [-0.3, -0.25) is 0 Å². The zero-order valence-corrected chi connectivity index (χ0v) is 8.65. The molecule has 4 nitrogen and oxygen atoms in total. The van der Waals surface area contributed by atoms with E-state index in [-0.39, 0.29) is 0 Å². The molecule has 2 N–H and O–H groups in total. The first-order valence-electron chi connectivity index (χ1n) is 4.57. The van der Waals surface area contributed by atoms with E-state index in [0.29, 0.717) is 11.4 Å². The molecule has 1 aromatic heterocycles. The summed E-state index contributed by atoms with van der Waals surface area (Å²) in [4.78, 5) is 0. The molecule has 0 unspecified atom stereocenters. The van der Waals surface area contributed by atoms with Crippen molar-refractivity contribution in [2.24, 2.45) is 0 Å². The molecule has 0 aliphatic carbocycles. The van der Waals surface area contributed by atoms with Crippen LogP contribution < -0.4 is 10.5 Å². The number of rotatable bonds is 2. The van der Waals surface area contributed by atoms with Gasteiger partial charge in [0.1, 0.15) is 23.4 Å². The van der Waals surface area contributed by atoms with E-state index in [4.69, 9.17) is 15.0 Å². The number of nitrogen functional groups attached to an aromatic ring is 1. The lowest BCUT2D eigenvalue weighted by Crippen LogP contribution is -1.92. The Bertz CT molecular complexity index is 477. The number of hydrogen-bond acceptors (Lipinski definition) is 4. The zero-order valence-electron chi connectivity index (χ0n) is 8.65. The smallest absolute Gasteiger partial charge is 0.147 e. The fourth-order valence-electron chi connectivity index (χ4n) is 1.44. The molecule has 0 aliphatic heterocycles. The summed E-state index contributed by atoms with van der Waals surface area (Å²) in [6.45, 7) is 2.00. The number of nitrogens with two attached hydrogens (primary N) is 1. The molecular weight excluding hydrogens is 192 g/mol. The number of benzene rings is 1. The highest BCUT2D eigenvalue weighted by atomic mass is 16.5. The van der Waals surface area contributed by atoms with Crippen LogP contribution in [-0.4, -0.2) is 12.3 Å². The number of ether oxygens (including phenoxy) is 1. The van der Waals surface area contributed by atoms with Crippen molar-refractivity contribution in [2.45, 2.75) is 6.92 Å². The highest BCUT2D eigenvalue weighted by Crippen LogP contribution is 2.32. The maximum atomic E-state index is 5.72. The van der Waals surface area contributed by atoms with Crippen LogP contribution in [0.2, 0.25) is 0 Å². The number of hydrogen-bond donors (Lipinski definition) is 1. The van der Waals surface area contributed by atoms with Crippen molar-refractivity contribution in [3.8, 4) is 17.0 Å². The molecule has 1 aromatic carbocycles. The van der Waals surface area contributed by atoms with E-state index < -0.39 is 0 Å². The van der Waals surface area contributed by atoms with Crippen molar-refractivity contribution in [1.29, 1.82) is 0 Å². The van der Waals surface area contributed by atoms with E-state index >= 15 is 0 Å². The molecule has 1 heterocycles. The summed E-state index contributed by atoms with van der Waals surface area (Å²) in [7, 11) is 1.62. The van der Waals surface area contributed by atoms with E-state index in [2.05, 4.69) is 5.16 Å². The molecule has 78 valence electrons. The minimum absolute atomic E-state index is 0.511. The topological polar surface area (TPSA) is 61.3 Å². The number of aryl methyl sites for hydroxylation is 1. The van der Waals surface area contributed by atoms with Gasteiger partial charge in [-0.1, -0.05) is 11.2 Å². The molecule has 2 rings (SSSR count). The number of methoxy groups -OCH3 is 1. The first-order valence-corrected chi connectivity index (χ1v) is 4.57. The van der Waals surface area contributed by atoms with Crippen LogP contribution in [0, 0.1) is 6.92 Å². The summed E-state index contributed by atoms with van der Waals surface area (Å²) in [6.07, 6.45) is 1.41. The van der Waals surface area contributed by atoms with Crippen LogP contribution in [0.4, 0.5) is 5.69 Å². The van der Waals surface area contributed by atoms with Crippen LogP contribution in [0.15, 0.2) is 29.0 Å². The fourth-order valence-corrected chi connectivity index (χ4v) is 1.44. The molecule has 0 atom stereocenters. The Labute approximate surface area is 87.6 Å². The van der Waals surface area contributed by atoms with Crippen LogP contribution in [0.1, 0.15) is 5.56 Å². The van der Waals surface area contributed by atoms with Crippen LogP contribution in [0.3, 0.4) is 0 Å². The van der Waals surface area contributed by atoms with Crippen molar-refractivity contribution in [3.63, 3.8) is 0 Å². The molecule has 0 amide bonds. The Morgan fingerprint density at radius 2 is 2.20 bits per heavy atom. The van der Waals surface area contributed by atoms with Gasteiger partial charge in [-0.2, -0.15) is 0 Å². The Morgan fingerprint density at radius 3 is 2.80 bits per heavy atom. The van der Waals surface area contributed by atoms with Crippen molar-refractivity contribution < 1.29 is 9.26 Å². The van der Waals surface area contributed by atoms with Crippen molar-refractivity contribution >= 4 is 5.69 Å². The third-order valence-electron chi connectivity index (χ3n) is 2.21. The number of nitrogens with zero attached hydrogens (tertiary/aromatic N) is 1. The van der Waals surface area contributed by atoms with Gasteiger partial charge in [0.2, 0.25) is 0 Å². The standard InChI is InChI=1S/C11H12N2O2/c1-7-3-4-8(10(5-7)14-2)11-9(12)6-15-13-11/h3-6H,12H2,1-2H3. The first kappa shape index (κ1) is 9.58. The summed E-state index contributed by atoms with van der Waals surface area (Å²) >= 11 is 0. The van der Waals surface area contributed by atoms with Crippen LogP contribution in [0.5, 0.6) is 5.75 Å². The molecule has 0 spiro atoms. The van der Waals surface area contributed by atoms with Crippen molar-refractivity contribution in [1.82, 2.24) is 5.16 Å². The highest BCUT2D eigenvalue weighted by Gasteiger charge is 2.12. The van der Waals surface area contributed by atoms with E-state index in [9.17, 15) is 0 Å². The van der Waals surface area contributed by atoms with Gasteiger partial charge in [-0.05, 0) is 24.6 Å². The summed E-state index contributed by atoms with van der Waals surface area (Å²) in [5.74, 6) is 0.746. The maximum absolute atomic E-state index is 5.72. The molecular formula is C11H12N2O2. The lowest BCUT2D eigenvalue weighted by molar-refractivity contribution is 0.411. The third kappa shape index (κ3) is 1.66. The predicted octanol–water partition coefficient (Wildman–Crippen LogP) is 2.24. The molecule has 0 saturated carbocycles. The summed E-state index contributed by atoms with van der Waals surface area (Å²) < 4.78 is 10.1. The molecule has 15 heavy (non-hydrogen) atoms. The van der Waals surface area contributed by atoms with E-state index in [1.807, 2.05) is 25.1 Å². The van der Waals surface area contributed by atoms with Crippen molar-refractivity contribution in [2.75, 3.05) is 12.8 Å². The number of anilines is 1. The van der Waals surface area contributed by atoms with E-state index in [1.54, 1.807) is 7.11 Å². The summed E-state index contributed by atoms with van der Waals surface area (Å²) in [5.41, 5.74) is 8.82. The molecule has 0 fully saturated rings. The summed E-state index contributed by atoms with van der Waals surface area (Å²) in [6, 6.07) is 5.83. The van der Waals surface area contributed by atoms with Crippen LogP contribution in [-0.2, 0) is 0 Å². The average Bonchev–Trinajstić information content (AvgIpc) is 2.64. The van der Waals surface area contributed by atoms with Gasteiger partial charge in [0.05, 0.1) is 7.11 Å². The minimum Gasteiger partial charge on any atom is -0.496 e. The van der Waals surface area contributed by atoms with Gasteiger partial charge in [0, 0.05) is 5.56 Å². The molecule has 4 heteroatoms. The second-order valence-corrected chi connectivity index (χ2v) is 3.32.